The van der Waals surface area contributed by atoms with Crippen LogP contribution in [0.2, 0.25) is 0 Å². The molecular formula is C14H16N6S. The van der Waals surface area contributed by atoms with E-state index in [0.717, 1.165) is 40.4 Å². The minimum atomic E-state index is -0.0398. The lowest BCUT2D eigenvalue weighted by Crippen LogP contribution is -2.24. The maximum absolute atomic E-state index is 5.39. The van der Waals surface area contributed by atoms with Crippen LogP contribution in [0.25, 0.3) is 0 Å². The molecule has 0 amide bonds. The molecular weight excluding hydrogens is 284 g/mol. The molecule has 7 heteroatoms. The number of nitrogens with zero attached hydrogens (tertiary/aromatic N) is 4. The van der Waals surface area contributed by atoms with Crippen molar-refractivity contribution < 1.29 is 0 Å². The van der Waals surface area contributed by atoms with E-state index in [1.165, 1.54) is 0 Å². The lowest BCUT2D eigenvalue weighted by atomic mass is 9.84. The highest BCUT2D eigenvalue weighted by molar-refractivity contribution is 7.09. The molecule has 21 heavy (non-hydrogen) atoms. The summed E-state index contributed by atoms with van der Waals surface area (Å²) in [5, 5.41) is 11.1. The summed E-state index contributed by atoms with van der Waals surface area (Å²) in [7, 11) is 0. The zero-order chi connectivity index (χ0) is 14.8. The van der Waals surface area contributed by atoms with Crippen LogP contribution in [0.4, 0.5) is 0 Å². The van der Waals surface area contributed by atoms with Crippen molar-refractivity contribution >= 4 is 23.0 Å². The summed E-state index contributed by atoms with van der Waals surface area (Å²) >= 11 is 1.66. The zero-order valence-corrected chi connectivity index (χ0v) is 12.5. The van der Waals surface area contributed by atoms with Crippen LogP contribution in [0, 0.1) is 6.92 Å². The van der Waals surface area contributed by atoms with Gasteiger partial charge in [-0.05, 0) is 25.0 Å². The Morgan fingerprint density at radius 1 is 1.29 bits per heavy atom. The average Bonchev–Trinajstić information content (AvgIpc) is 2.98. The first kappa shape index (κ1) is 13.7. The number of rotatable bonds is 2. The largest absolute Gasteiger partial charge is 0.369 e. The monoisotopic (exact) mass is 300 g/mol. The topological polar surface area (TPSA) is 103 Å². The minimum Gasteiger partial charge on any atom is -0.369 e. The number of hydrogen-bond donors (Lipinski definition) is 2. The molecule has 1 unspecified atom stereocenters. The molecule has 0 fully saturated rings. The standard InChI is InChI=1S/C14H16N6S/c1-8-2-3-17-10-6-9(13-18-4-5-21-13)7-11(12(8)10)19-20-14(15)16/h2-5,9H,6-7H2,1H3,(H4,15,16,20). The highest BCUT2D eigenvalue weighted by atomic mass is 32.1. The van der Waals surface area contributed by atoms with Gasteiger partial charge < -0.3 is 11.5 Å². The van der Waals surface area contributed by atoms with Gasteiger partial charge in [0.2, 0.25) is 5.96 Å². The van der Waals surface area contributed by atoms with Crippen LogP contribution in [0.3, 0.4) is 0 Å². The first-order valence-corrected chi connectivity index (χ1v) is 7.53. The number of nitrogens with two attached hydrogens (primary N) is 2. The van der Waals surface area contributed by atoms with Crippen molar-refractivity contribution in [2.75, 3.05) is 0 Å². The second-order valence-corrected chi connectivity index (χ2v) is 5.92. The Kier molecular flexibility index (Phi) is 3.66. The second kappa shape index (κ2) is 5.61. The number of aryl methyl sites for hydroxylation is 1. The highest BCUT2D eigenvalue weighted by Crippen LogP contribution is 2.34. The van der Waals surface area contributed by atoms with Crippen LogP contribution in [-0.4, -0.2) is 21.6 Å². The summed E-state index contributed by atoms with van der Waals surface area (Å²) < 4.78 is 0. The fourth-order valence-corrected chi connectivity index (χ4v) is 3.37. The van der Waals surface area contributed by atoms with Gasteiger partial charge in [0.25, 0.3) is 0 Å². The van der Waals surface area contributed by atoms with E-state index < -0.39 is 0 Å². The van der Waals surface area contributed by atoms with E-state index in [1.54, 1.807) is 11.3 Å². The van der Waals surface area contributed by atoms with Gasteiger partial charge in [0.1, 0.15) is 0 Å². The van der Waals surface area contributed by atoms with E-state index in [0.29, 0.717) is 0 Å². The van der Waals surface area contributed by atoms with Crippen LogP contribution in [0.15, 0.2) is 34.0 Å². The molecule has 6 nitrogen and oxygen atoms in total. The number of fused-ring (bicyclic) bond motifs is 1. The summed E-state index contributed by atoms with van der Waals surface area (Å²) in [5.41, 5.74) is 14.9. The molecule has 2 aromatic heterocycles. The Labute approximate surface area is 126 Å². The average molecular weight is 300 g/mol. The van der Waals surface area contributed by atoms with Gasteiger partial charge in [-0.1, -0.05) is 0 Å². The van der Waals surface area contributed by atoms with E-state index in [4.69, 9.17) is 11.5 Å². The summed E-state index contributed by atoms with van der Waals surface area (Å²) in [6.45, 7) is 2.05. The molecule has 2 heterocycles. The second-order valence-electron chi connectivity index (χ2n) is 5.00. The van der Waals surface area contributed by atoms with Crippen LogP contribution >= 0.6 is 11.3 Å². The van der Waals surface area contributed by atoms with E-state index in [9.17, 15) is 0 Å². The molecule has 3 rings (SSSR count). The van der Waals surface area contributed by atoms with Crippen molar-refractivity contribution in [1.29, 1.82) is 0 Å². The molecule has 0 bridgehead atoms. The third-order valence-electron chi connectivity index (χ3n) is 3.49. The summed E-state index contributed by atoms with van der Waals surface area (Å²) in [4.78, 5) is 8.92. The Bertz CT molecular complexity index is 700. The van der Waals surface area contributed by atoms with Gasteiger partial charge in [0.15, 0.2) is 0 Å². The molecule has 0 spiro atoms. The van der Waals surface area contributed by atoms with Gasteiger partial charge in [-0.25, -0.2) is 4.98 Å². The molecule has 1 aliphatic rings. The highest BCUT2D eigenvalue weighted by Gasteiger charge is 2.28. The molecule has 0 aromatic carbocycles. The van der Waals surface area contributed by atoms with Crippen molar-refractivity contribution in [2.45, 2.75) is 25.7 Å². The zero-order valence-electron chi connectivity index (χ0n) is 11.7. The first-order valence-electron chi connectivity index (χ1n) is 6.65. The van der Waals surface area contributed by atoms with E-state index >= 15 is 0 Å². The number of thiazole rings is 1. The Hall–Kier alpha value is -2.28. The normalized spacial score (nSPS) is 19.3. The van der Waals surface area contributed by atoms with Gasteiger partial charge in [-0.3, -0.25) is 4.98 Å². The predicted molar refractivity (Wildman–Crippen MR) is 84.5 cm³/mol. The quantitative estimate of drug-likeness (QED) is 0.499. The number of guanidine groups is 1. The van der Waals surface area contributed by atoms with E-state index in [1.807, 2.05) is 23.8 Å². The Balaban J connectivity index is 2.06. The molecule has 0 aliphatic heterocycles. The van der Waals surface area contributed by atoms with Gasteiger partial charge in [0.05, 0.1) is 16.4 Å². The van der Waals surface area contributed by atoms with Crippen molar-refractivity contribution in [3.05, 3.63) is 45.7 Å². The van der Waals surface area contributed by atoms with Crippen molar-refractivity contribution in [1.82, 2.24) is 9.97 Å². The lowest BCUT2D eigenvalue weighted by molar-refractivity contribution is 0.672. The summed E-state index contributed by atoms with van der Waals surface area (Å²) in [6.07, 6.45) is 5.29. The fourth-order valence-electron chi connectivity index (χ4n) is 2.62. The summed E-state index contributed by atoms with van der Waals surface area (Å²) in [5.74, 6) is 0.238. The maximum Gasteiger partial charge on any atom is 0.211 e. The fraction of sp³-hybridized carbons (Fsp3) is 0.286. The Morgan fingerprint density at radius 3 is 2.86 bits per heavy atom. The third kappa shape index (κ3) is 2.78. The maximum atomic E-state index is 5.39. The molecule has 0 saturated heterocycles. The minimum absolute atomic E-state index is 0.0398. The third-order valence-corrected chi connectivity index (χ3v) is 4.43. The van der Waals surface area contributed by atoms with Crippen molar-refractivity contribution in [3.8, 4) is 0 Å². The van der Waals surface area contributed by atoms with Crippen LogP contribution < -0.4 is 11.5 Å². The van der Waals surface area contributed by atoms with Crippen molar-refractivity contribution in [3.63, 3.8) is 0 Å². The Morgan fingerprint density at radius 2 is 2.14 bits per heavy atom. The predicted octanol–water partition coefficient (Wildman–Crippen LogP) is 1.55. The molecule has 0 radical (unpaired) electrons. The molecule has 1 aliphatic carbocycles. The molecule has 2 aromatic rings. The van der Waals surface area contributed by atoms with Crippen LogP contribution in [0.5, 0.6) is 0 Å². The first-order chi connectivity index (χ1) is 10.1. The van der Waals surface area contributed by atoms with Gasteiger partial charge in [-0.15, -0.1) is 16.4 Å². The molecule has 1 atom stereocenters. The van der Waals surface area contributed by atoms with Crippen LogP contribution in [-0.2, 0) is 6.42 Å². The smallest absolute Gasteiger partial charge is 0.211 e. The molecule has 108 valence electrons. The van der Waals surface area contributed by atoms with Gasteiger partial charge in [0, 0.05) is 35.7 Å². The van der Waals surface area contributed by atoms with E-state index in [-0.39, 0.29) is 11.9 Å². The SMILES string of the molecule is Cc1ccnc2c1C(=NN=C(N)N)CC(c1nccs1)C2. The summed E-state index contributed by atoms with van der Waals surface area (Å²) in [6, 6.07) is 1.98. The number of pyridine rings is 1. The van der Waals surface area contributed by atoms with Gasteiger partial charge >= 0.3 is 0 Å². The number of aromatic nitrogens is 2. The lowest BCUT2D eigenvalue weighted by Gasteiger charge is -2.24. The molecule has 4 N–H and O–H groups in total. The number of hydrogen-bond acceptors (Lipinski definition) is 5. The van der Waals surface area contributed by atoms with Gasteiger partial charge in [-0.2, -0.15) is 5.10 Å². The van der Waals surface area contributed by atoms with Crippen molar-refractivity contribution in [2.24, 2.45) is 21.7 Å². The van der Waals surface area contributed by atoms with Crippen LogP contribution in [0.1, 0.15) is 34.2 Å². The molecule has 0 saturated carbocycles. The van der Waals surface area contributed by atoms with E-state index in [2.05, 4.69) is 27.1 Å².